The van der Waals surface area contributed by atoms with Crippen LogP contribution in [0.3, 0.4) is 0 Å². The highest BCUT2D eigenvalue weighted by molar-refractivity contribution is 6.04. The Morgan fingerprint density at radius 1 is 1.28 bits per heavy atom. The Balaban J connectivity index is 2.03. The SMILES string of the molecule is CCOCCOC(=O)C1=C(C)NC2=C(C(=O)CC(C)(C)C2)[C@@H]1c1cccc(O)c1. The van der Waals surface area contributed by atoms with Gasteiger partial charge in [0, 0.05) is 35.9 Å². The van der Waals surface area contributed by atoms with Crippen LogP contribution in [0.15, 0.2) is 46.8 Å². The quantitative estimate of drug-likeness (QED) is 0.562. The molecular formula is C23H29NO5. The van der Waals surface area contributed by atoms with Gasteiger partial charge in [0.05, 0.1) is 12.2 Å². The largest absolute Gasteiger partial charge is 0.508 e. The Morgan fingerprint density at radius 2 is 2.03 bits per heavy atom. The van der Waals surface area contributed by atoms with Crippen LogP contribution in [0.4, 0.5) is 0 Å². The molecular weight excluding hydrogens is 370 g/mol. The molecule has 1 heterocycles. The molecule has 0 spiro atoms. The monoisotopic (exact) mass is 399 g/mol. The number of benzene rings is 1. The summed E-state index contributed by atoms with van der Waals surface area (Å²) in [4.78, 5) is 26.1. The van der Waals surface area contributed by atoms with Crippen molar-refractivity contribution in [2.75, 3.05) is 19.8 Å². The number of Topliss-reactive ketones (excluding diaryl/α,β-unsaturated/α-hetero) is 1. The average molecular weight is 399 g/mol. The molecule has 1 atom stereocenters. The van der Waals surface area contributed by atoms with Gasteiger partial charge in [0.25, 0.3) is 0 Å². The maximum Gasteiger partial charge on any atom is 0.336 e. The molecule has 2 aliphatic rings. The van der Waals surface area contributed by atoms with Gasteiger partial charge in [0.2, 0.25) is 0 Å². The van der Waals surface area contributed by atoms with E-state index in [0.717, 1.165) is 5.70 Å². The Bertz CT molecular complexity index is 881. The van der Waals surface area contributed by atoms with Crippen molar-refractivity contribution >= 4 is 11.8 Å². The van der Waals surface area contributed by atoms with Crippen molar-refractivity contribution in [1.82, 2.24) is 5.32 Å². The molecule has 0 bridgehead atoms. The molecule has 1 aromatic rings. The Labute approximate surface area is 171 Å². The molecule has 0 saturated heterocycles. The van der Waals surface area contributed by atoms with E-state index >= 15 is 0 Å². The first-order chi connectivity index (χ1) is 13.7. The van der Waals surface area contributed by atoms with Crippen LogP contribution in [-0.4, -0.2) is 36.7 Å². The smallest absolute Gasteiger partial charge is 0.336 e. The van der Waals surface area contributed by atoms with Crippen LogP contribution in [0.1, 0.15) is 52.0 Å². The third-order valence-electron chi connectivity index (χ3n) is 5.33. The standard InChI is InChI=1S/C23H29NO5/c1-5-28-9-10-29-22(27)19-14(2)24-17-12-23(3,4)13-18(26)21(17)20(19)15-7-6-8-16(25)11-15/h6-8,11,20,24-25H,5,9-10,12-13H2,1-4H3/t20-/m1/s1. The third kappa shape index (κ3) is 4.53. The summed E-state index contributed by atoms with van der Waals surface area (Å²) in [7, 11) is 0. The molecule has 0 unspecified atom stereocenters. The number of carbonyl (C=O) groups excluding carboxylic acids is 2. The minimum atomic E-state index is -0.568. The molecule has 6 heteroatoms. The van der Waals surface area contributed by atoms with Gasteiger partial charge in [-0.2, -0.15) is 0 Å². The minimum absolute atomic E-state index is 0.0178. The zero-order valence-electron chi connectivity index (χ0n) is 17.5. The summed E-state index contributed by atoms with van der Waals surface area (Å²) in [5, 5.41) is 13.3. The van der Waals surface area contributed by atoms with Gasteiger partial charge >= 0.3 is 5.97 Å². The van der Waals surface area contributed by atoms with E-state index in [1.807, 2.05) is 19.9 Å². The molecule has 156 valence electrons. The number of aromatic hydroxyl groups is 1. The molecule has 1 aliphatic carbocycles. The average Bonchev–Trinajstić information content (AvgIpc) is 2.63. The molecule has 0 amide bonds. The van der Waals surface area contributed by atoms with Crippen molar-refractivity contribution in [2.45, 2.75) is 46.5 Å². The van der Waals surface area contributed by atoms with Gasteiger partial charge < -0.3 is 19.9 Å². The molecule has 3 rings (SSSR count). The van der Waals surface area contributed by atoms with Gasteiger partial charge in [0.15, 0.2) is 5.78 Å². The predicted molar refractivity (Wildman–Crippen MR) is 109 cm³/mol. The maximum atomic E-state index is 13.1. The molecule has 1 aliphatic heterocycles. The fourth-order valence-electron chi connectivity index (χ4n) is 4.16. The van der Waals surface area contributed by atoms with Crippen molar-refractivity contribution in [2.24, 2.45) is 5.41 Å². The van der Waals surface area contributed by atoms with E-state index in [1.54, 1.807) is 18.2 Å². The minimum Gasteiger partial charge on any atom is -0.508 e. The van der Waals surface area contributed by atoms with Crippen LogP contribution in [0, 0.1) is 5.41 Å². The summed E-state index contributed by atoms with van der Waals surface area (Å²) < 4.78 is 10.7. The Morgan fingerprint density at radius 3 is 2.72 bits per heavy atom. The lowest BCUT2D eigenvalue weighted by Crippen LogP contribution is -2.38. The Hall–Kier alpha value is -2.60. The highest BCUT2D eigenvalue weighted by atomic mass is 16.6. The number of rotatable bonds is 6. The number of dihydropyridines is 1. The lowest BCUT2D eigenvalue weighted by atomic mass is 9.68. The fourth-order valence-corrected chi connectivity index (χ4v) is 4.16. The second-order valence-electron chi connectivity index (χ2n) is 8.36. The first-order valence-electron chi connectivity index (χ1n) is 10.0. The van der Waals surface area contributed by atoms with E-state index in [0.29, 0.717) is 48.5 Å². The second-order valence-corrected chi connectivity index (χ2v) is 8.36. The van der Waals surface area contributed by atoms with Crippen LogP contribution >= 0.6 is 0 Å². The van der Waals surface area contributed by atoms with E-state index in [-0.39, 0.29) is 23.6 Å². The lowest BCUT2D eigenvalue weighted by Gasteiger charge is -2.39. The molecule has 0 fully saturated rings. The summed E-state index contributed by atoms with van der Waals surface area (Å²) in [6, 6.07) is 6.72. The topological polar surface area (TPSA) is 84.9 Å². The number of phenols is 1. The van der Waals surface area contributed by atoms with E-state index in [1.165, 1.54) is 0 Å². The molecule has 2 N–H and O–H groups in total. The van der Waals surface area contributed by atoms with E-state index in [4.69, 9.17) is 9.47 Å². The molecule has 6 nitrogen and oxygen atoms in total. The normalized spacial score (nSPS) is 21.0. The number of phenolic OH excluding ortho intramolecular Hbond substituents is 1. The number of carbonyl (C=O) groups is 2. The van der Waals surface area contributed by atoms with Crippen LogP contribution < -0.4 is 5.32 Å². The van der Waals surface area contributed by atoms with Crippen molar-refractivity contribution in [3.8, 4) is 5.75 Å². The highest BCUT2D eigenvalue weighted by Crippen LogP contribution is 2.47. The maximum absolute atomic E-state index is 13.1. The fraction of sp³-hybridized carbons (Fsp3) is 0.478. The number of ketones is 1. The first kappa shape index (κ1) is 21.1. The summed E-state index contributed by atoms with van der Waals surface area (Å²) in [6.45, 7) is 8.84. The van der Waals surface area contributed by atoms with Gasteiger partial charge in [-0.3, -0.25) is 4.79 Å². The number of allylic oxidation sites excluding steroid dienone is 3. The second kappa shape index (κ2) is 8.41. The zero-order valence-corrected chi connectivity index (χ0v) is 17.5. The van der Waals surface area contributed by atoms with Gasteiger partial charge in [0.1, 0.15) is 12.4 Å². The van der Waals surface area contributed by atoms with Crippen molar-refractivity contribution < 1.29 is 24.2 Å². The third-order valence-corrected chi connectivity index (χ3v) is 5.33. The molecule has 29 heavy (non-hydrogen) atoms. The predicted octanol–water partition coefficient (Wildman–Crippen LogP) is 3.58. The number of esters is 1. The number of nitrogens with one attached hydrogen (secondary N) is 1. The highest BCUT2D eigenvalue weighted by Gasteiger charge is 2.43. The summed E-state index contributed by atoms with van der Waals surface area (Å²) >= 11 is 0. The van der Waals surface area contributed by atoms with Crippen molar-refractivity contribution in [3.63, 3.8) is 0 Å². The van der Waals surface area contributed by atoms with Gasteiger partial charge in [-0.15, -0.1) is 0 Å². The summed E-state index contributed by atoms with van der Waals surface area (Å²) in [5.41, 5.74) is 3.06. The number of ether oxygens (including phenoxy) is 2. The Kier molecular flexibility index (Phi) is 6.13. The molecule has 0 saturated carbocycles. The van der Waals surface area contributed by atoms with Gasteiger partial charge in [-0.25, -0.2) is 4.79 Å². The van der Waals surface area contributed by atoms with Crippen LogP contribution in [0.2, 0.25) is 0 Å². The van der Waals surface area contributed by atoms with Crippen molar-refractivity contribution in [1.29, 1.82) is 0 Å². The summed E-state index contributed by atoms with van der Waals surface area (Å²) in [5.74, 6) is -0.938. The first-order valence-corrected chi connectivity index (χ1v) is 10.0. The van der Waals surface area contributed by atoms with E-state index < -0.39 is 11.9 Å². The van der Waals surface area contributed by atoms with Crippen molar-refractivity contribution in [3.05, 3.63) is 52.4 Å². The number of hydrogen-bond acceptors (Lipinski definition) is 6. The van der Waals surface area contributed by atoms with Crippen LogP contribution in [0.25, 0.3) is 0 Å². The van der Waals surface area contributed by atoms with E-state index in [9.17, 15) is 14.7 Å². The molecule has 0 aromatic heterocycles. The molecule has 0 radical (unpaired) electrons. The number of hydrogen-bond donors (Lipinski definition) is 2. The lowest BCUT2D eigenvalue weighted by molar-refractivity contribution is -0.140. The summed E-state index contributed by atoms with van der Waals surface area (Å²) in [6.07, 6.45) is 1.13. The van der Waals surface area contributed by atoms with Gasteiger partial charge in [-0.05, 0) is 43.4 Å². The molecule has 1 aromatic carbocycles. The zero-order chi connectivity index (χ0) is 21.2. The van der Waals surface area contributed by atoms with Crippen LogP contribution in [-0.2, 0) is 19.1 Å². The van der Waals surface area contributed by atoms with E-state index in [2.05, 4.69) is 19.2 Å². The van der Waals surface area contributed by atoms with Gasteiger partial charge in [-0.1, -0.05) is 26.0 Å². The van der Waals surface area contributed by atoms with Crippen LogP contribution in [0.5, 0.6) is 5.75 Å².